The monoisotopic (exact) mass is 368 g/mol. The van der Waals surface area contributed by atoms with Gasteiger partial charge in [-0.25, -0.2) is 4.98 Å². The number of hydrogen-bond acceptors (Lipinski definition) is 5. The first kappa shape index (κ1) is 17.9. The molecule has 6 heteroatoms. The van der Waals surface area contributed by atoms with Crippen LogP contribution in [0.4, 0.5) is 5.13 Å². The lowest BCUT2D eigenvalue weighted by atomic mass is 10.2. The van der Waals surface area contributed by atoms with Gasteiger partial charge in [0.1, 0.15) is 11.5 Å². The van der Waals surface area contributed by atoms with E-state index in [9.17, 15) is 4.79 Å². The molecule has 1 amide bonds. The average molecular weight is 368 g/mol. The number of carbonyl (C=O) groups excluding carboxylic acids is 1. The zero-order valence-corrected chi connectivity index (χ0v) is 15.5. The van der Waals surface area contributed by atoms with E-state index >= 15 is 0 Å². The van der Waals surface area contributed by atoms with E-state index in [1.165, 1.54) is 11.3 Å². The molecule has 26 heavy (non-hydrogen) atoms. The third-order valence-corrected chi connectivity index (χ3v) is 4.56. The second-order valence-electron chi connectivity index (χ2n) is 5.58. The summed E-state index contributed by atoms with van der Waals surface area (Å²) in [7, 11) is 1.63. The molecular weight excluding hydrogens is 348 g/mol. The number of anilines is 1. The van der Waals surface area contributed by atoms with Gasteiger partial charge in [-0.2, -0.15) is 0 Å². The zero-order chi connectivity index (χ0) is 18.4. The molecule has 0 fully saturated rings. The molecule has 1 aromatic heterocycles. The number of para-hydroxylation sites is 1. The van der Waals surface area contributed by atoms with E-state index in [4.69, 9.17) is 9.47 Å². The Kier molecular flexibility index (Phi) is 5.86. The molecule has 0 bridgehead atoms. The lowest BCUT2D eigenvalue weighted by Gasteiger charge is -2.16. The Morgan fingerprint density at radius 2 is 1.85 bits per heavy atom. The summed E-state index contributed by atoms with van der Waals surface area (Å²) in [4.78, 5) is 17.0. The molecule has 1 atom stereocenters. The molecule has 0 aliphatic rings. The number of thiazole rings is 1. The smallest absolute Gasteiger partial charge is 0.267 e. The van der Waals surface area contributed by atoms with Gasteiger partial charge in [-0.1, -0.05) is 25.1 Å². The Bertz CT molecular complexity index is 847. The molecule has 0 saturated heterocycles. The predicted octanol–water partition coefficient (Wildman–Crippen LogP) is 4.61. The van der Waals surface area contributed by atoms with Crippen molar-refractivity contribution in [2.75, 3.05) is 12.4 Å². The van der Waals surface area contributed by atoms with Gasteiger partial charge in [-0.15, -0.1) is 11.3 Å². The van der Waals surface area contributed by atoms with Crippen LogP contribution in [-0.2, 0) is 4.79 Å². The molecule has 134 valence electrons. The van der Waals surface area contributed by atoms with E-state index in [1.807, 2.05) is 66.9 Å². The number of hydrogen-bond donors (Lipinski definition) is 1. The molecular formula is C20H20N2O3S. The topological polar surface area (TPSA) is 60.5 Å². The standard InChI is InChI=1S/C20H20N2O3S/c1-3-18(25-16-7-5-4-6-8-16)19(23)22-20-21-17(13-26-20)14-9-11-15(24-2)12-10-14/h4-13,18H,3H2,1-2H3,(H,21,22,23)/t18-/m0/s1. The molecule has 0 saturated carbocycles. The fourth-order valence-corrected chi connectivity index (χ4v) is 3.12. The Labute approximate surface area is 156 Å². The summed E-state index contributed by atoms with van der Waals surface area (Å²) in [6.07, 6.45) is 0.00277. The number of nitrogens with zero attached hydrogens (tertiary/aromatic N) is 1. The number of ether oxygens (including phenoxy) is 2. The second-order valence-corrected chi connectivity index (χ2v) is 6.44. The summed E-state index contributed by atoms with van der Waals surface area (Å²) < 4.78 is 10.9. The van der Waals surface area contributed by atoms with E-state index in [-0.39, 0.29) is 5.91 Å². The van der Waals surface area contributed by atoms with Gasteiger partial charge in [-0.05, 0) is 42.8 Å². The number of amides is 1. The van der Waals surface area contributed by atoms with Crippen LogP contribution in [0.3, 0.4) is 0 Å². The lowest BCUT2D eigenvalue weighted by molar-refractivity contribution is -0.122. The van der Waals surface area contributed by atoms with E-state index in [1.54, 1.807) is 7.11 Å². The highest BCUT2D eigenvalue weighted by Crippen LogP contribution is 2.26. The van der Waals surface area contributed by atoms with Crippen LogP contribution in [0, 0.1) is 0 Å². The van der Waals surface area contributed by atoms with Gasteiger partial charge in [0.25, 0.3) is 5.91 Å². The number of aromatic nitrogens is 1. The SMILES string of the molecule is CC[C@H](Oc1ccccc1)C(=O)Nc1nc(-c2ccc(OC)cc2)cs1. The van der Waals surface area contributed by atoms with Crippen molar-refractivity contribution in [2.24, 2.45) is 0 Å². The van der Waals surface area contributed by atoms with Crippen LogP contribution in [0.2, 0.25) is 0 Å². The number of nitrogens with one attached hydrogen (secondary N) is 1. The summed E-state index contributed by atoms with van der Waals surface area (Å²) >= 11 is 1.39. The first-order valence-corrected chi connectivity index (χ1v) is 9.20. The van der Waals surface area contributed by atoms with E-state index < -0.39 is 6.10 Å². The van der Waals surface area contributed by atoms with E-state index in [0.717, 1.165) is 17.0 Å². The minimum atomic E-state index is -0.564. The van der Waals surface area contributed by atoms with Crippen LogP contribution in [0.15, 0.2) is 60.0 Å². The molecule has 0 spiro atoms. The third-order valence-electron chi connectivity index (χ3n) is 3.80. The van der Waals surface area contributed by atoms with Gasteiger partial charge in [0, 0.05) is 10.9 Å². The van der Waals surface area contributed by atoms with Crippen molar-refractivity contribution in [3.05, 3.63) is 60.0 Å². The molecule has 5 nitrogen and oxygen atoms in total. The van der Waals surface area contributed by atoms with Gasteiger partial charge >= 0.3 is 0 Å². The third kappa shape index (κ3) is 4.40. The van der Waals surface area contributed by atoms with Crippen LogP contribution >= 0.6 is 11.3 Å². The molecule has 0 unspecified atom stereocenters. The first-order valence-electron chi connectivity index (χ1n) is 8.32. The molecule has 1 heterocycles. The summed E-state index contributed by atoms with van der Waals surface area (Å²) in [5.41, 5.74) is 1.78. The van der Waals surface area contributed by atoms with Gasteiger partial charge in [0.15, 0.2) is 11.2 Å². The summed E-state index contributed by atoms with van der Waals surface area (Å²) in [6, 6.07) is 17.0. The maximum atomic E-state index is 12.5. The predicted molar refractivity (Wildman–Crippen MR) is 104 cm³/mol. The van der Waals surface area contributed by atoms with Crippen molar-refractivity contribution >= 4 is 22.4 Å². The Morgan fingerprint density at radius 3 is 2.50 bits per heavy atom. The maximum absolute atomic E-state index is 12.5. The first-order chi connectivity index (χ1) is 12.7. The quantitative estimate of drug-likeness (QED) is 0.661. The van der Waals surface area contributed by atoms with Crippen molar-refractivity contribution in [2.45, 2.75) is 19.4 Å². The average Bonchev–Trinajstić information content (AvgIpc) is 3.15. The number of benzene rings is 2. The molecule has 2 aromatic carbocycles. The number of methoxy groups -OCH3 is 1. The lowest BCUT2D eigenvalue weighted by Crippen LogP contribution is -2.32. The zero-order valence-electron chi connectivity index (χ0n) is 14.6. The molecule has 3 aromatic rings. The summed E-state index contributed by atoms with van der Waals surface area (Å²) in [5.74, 6) is 1.26. The summed E-state index contributed by atoms with van der Waals surface area (Å²) in [6.45, 7) is 1.91. The van der Waals surface area contributed by atoms with E-state index in [0.29, 0.717) is 17.3 Å². The van der Waals surface area contributed by atoms with E-state index in [2.05, 4.69) is 10.3 Å². The normalized spacial score (nSPS) is 11.6. The van der Waals surface area contributed by atoms with Gasteiger partial charge in [-0.3, -0.25) is 10.1 Å². The fraction of sp³-hybridized carbons (Fsp3) is 0.200. The fourth-order valence-electron chi connectivity index (χ4n) is 2.40. The van der Waals surface area contributed by atoms with Gasteiger partial charge in [0.2, 0.25) is 0 Å². The highest BCUT2D eigenvalue weighted by Gasteiger charge is 2.19. The van der Waals surface area contributed by atoms with Crippen LogP contribution in [0.1, 0.15) is 13.3 Å². The van der Waals surface area contributed by atoms with Crippen molar-refractivity contribution in [1.82, 2.24) is 4.98 Å². The van der Waals surface area contributed by atoms with Crippen LogP contribution < -0.4 is 14.8 Å². The van der Waals surface area contributed by atoms with Gasteiger partial charge in [0.05, 0.1) is 12.8 Å². The van der Waals surface area contributed by atoms with Crippen LogP contribution in [-0.4, -0.2) is 24.1 Å². The Morgan fingerprint density at radius 1 is 1.12 bits per heavy atom. The Hall–Kier alpha value is -2.86. The molecule has 3 rings (SSSR count). The highest BCUT2D eigenvalue weighted by molar-refractivity contribution is 7.14. The van der Waals surface area contributed by atoms with Crippen molar-refractivity contribution in [3.63, 3.8) is 0 Å². The van der Waals surface area contributed by atoms with Crippen molar-refractivity contribution in [1.29, 1.82) is 0 Å². The van der Waals surface area contributed by atoms with Crippen molar-refractivity contribution < 1.29 is 14.3 Å². The minimum Gasteiger partial charge on any atom is -0.497 e. The molecule has 1 N–H and O–H groups in total. The maximum Gasteiger partial charge on any atom is 0.267 e. The number of carbonyl (C=O) groups is 1. The summed E-state index contributed by atoms with van der Waals surface area (Å²) in [5, 5.41) is 5.31. The largest absolute Gasteiger partial charge is 0.497 e. The van der Waals surface area contributed by atoms with Crippen LogP contribution in [0.25, 0.3) is 11.3 Å². The molecule has 0 radical (unpaired) electrons. The molecule has 0 aliphatic carbocycles. The van der Waals surface area contributed by atoms with Gasteiger partial charge < -0.3 is 9.47 Å². The second kappa shape index (κ2) is 8.49. The van der Waals surface area contributed by atoms with Crippen LogP contribution in [0.5, 0.6) is 11.5 Å². The minimum absolute atomic E-state index is 0.202. The van der Waals surface area contributed by atoms with Crippen molar-refractivity contribution in [3.8, 4) is 22.8 Å². The number of rotatable bonds is 7. The molecule has 0 aliphatic heterocycles. The Balaban J connectivity index is 1.66. The highest BCUT2D eigenvalue weighted by atomic mass is 32.1.